The number of rotatable bonds is 7. The van der Waals surface area contributed by atoms with E-state index in [1.807, 2.05) is 31.2 Å². The van der Waals surface area contributed by atoms with E-state index in [2.05, 4.69) is 10.2 Å². The summed E-state index contributed by atoms with van der Waals surface area (Å²) in [5.41, 5.74) is 7.55. The minimum atomic E-state index is -0.370. The number of nitrogens with two attached hydrogens (primary N) is 1. The Morgan fingerprint density at radius 3 is 2.44 bits per heavy atom. The fourth-order valence-corrected chi connectivity index (χ4v) is 6.30. The smallest absolute Gasteiger partial charge is 0.344 e. The minimum Gasteiger partial charge on any atom is -0.482 e. The van der Waals surface area contributed by atoms with E-state index in [4.69, 9.17) is 15.2 Å². The van der Waals surface area contributed by atoms with Crippen LogP contribution in [0, 0.1) is 5.92 Å². The Labute approximate surface area is 194 Å². The Morgan fingerprint density at radius 1 is 1.09 bits per heavy atom. The molecule has 0 radical (unpaired) electrons. The lowest BCUT2D eigenvalue weighted by Crippen LogP contribution is -2.40. The number of thioether (sulfide) groups is 1. The topological polar surface area (TPSA) is 93.9 Å². The minimum absolute atomic E-state index is 0.0380. The van der Waals surface area contributed by atoms with Gasteiger partial charge in [0.2, 0.25) is 0 Å². The third kappa shape index (κ3) is 5.41. The number of carbonyl (C=O) groups is 2. The number of benzene rings is 1. The van der Waals surface area contributed by atoms with Crippen LogP contribution in [0.2, 0.25) is 0 Å². The van der Waals surface area contributed by atoms with Crippen LogP contribution in [0.5, 0.6) is 5.75 Å². The third-order valence-corrected chi connectivity index (χ3v) is 8.09. The highest BCUT2D eigenvalue weighted by molar-refractivity contribution is 8.05. The average Bonchev–Trinajstić information content (AvgIpc) is 3.17. The Balaban J connectivity index is 1.40. The van der Waals surface area contributed by atoms with Gasteiger partial charge in [-0.1, -0.05) is 18.2 Å². The summed E-state index contributed by atoms with van der Waals surface area (Å²) >= 11 is 1.58. The zero-order valence-corrected chi connectivity index (χ0v) is 19.5. The second-order valence-electron chi connectivity index (χ2n) is 8.78. The van der Waals surface area contributed by atoms with Gasteiger partial charge in [0.05, 0.1) is 10.3 Å². The van der Waals surface area contributed by atoms with Gasteiger partial charge >= 0.3 is 5.97 Å². The lowest BCUT2D eigenvalue weighted by molar-refractivity contribution is -0.152. The molecule has 2 aliphatic heterocycles. The zero-order valence-electron chi connectivity index (χ0n) is 18.7. The number of nitrogens with zero attached hydrogens (tertiary/aromatic N) is 1. The largest absolute Gasteiger partial charge is 0.482 e. The van der Waals surface area contributed by atoms with Crippen LogP contribution in [0.1, 0.15) is 51.9 Å². The molecule has 32 heavy (non-hydrogen) atoms. The van der Waals surface area contributed by atoms with E-state index in [1.165, 1.54) is 6.42 Å². The molecule has 0 spiro atoms. The van der Waals surface area contributed by atoms with Crippen LogP contribution in [0.4, 0.5) is 5.69 Å². The zero-order chi connectivity index (χ0) is 22.5. The van der Waals surface area contributed by atoms with Crippen LogP contribution < -0.4 is 20.7 Å². The number of anilines is 1. The molecule has 0 aromatic heterocycles. The molecule has 1 atom stereocenters. The molecular weight excluding hydrogens is 426 g/mol. The summed E-state index contributed by atoms with van der Waals surface area (Å²) in [5, 5.41) is 3.56. The number of primary amides is 1. The molecule has 4 rings (SSSR count). The maximum absolute atomic E-state index is 12.1. The van der Waals surface area contributed by atoms with Gasteiger partial charge in [0, 0.05) is 11.4 Å². The Hall–Kier alpha value is -2.19. The average molecular weight is 460 g/mol. The number of hydrogen-bond donors (Lipinski definition) is 2. The lowest BCUT2D eigenvalue weighted by Gasteiger charge is -2.35. The molecule has 1 unspecified atom stereocenters. The van der Waals surface area contributed by atoms with Crippen molar-refractivity contribution in [1.82, 2.24) is 5.32 Å². The van der Waals surface area contributed by atoms with Crippen molar-refractivity contribution in [3.63, 3.8) is 0 Å². The summed E-state index contributed by atoms with van der Waals surface area (Å²) in [6.45, 7) is 3.85. The first-order valence-corrected chi connectivity index (χ1v) is 12.5. The van der Waals surface area contributed by atoms with Gasteiger partial charge < -0.3 is 25.4 Å². The molecule has 1 aliphatic carbocycles. The quantitative estimate of drug-likeness (QED) is 0.603. The summed E-state index contributed by atoms with van der Waals surface area (Å²) in [6.07, 6.45) is 7.54. The highest BCUT2D eigenvalue weighted by atomic mass is 32.2. The molecule has 2 heterocycles. The van der Waals surface area contributed by atoms with Crippen molar-refractivity contribution in [3.05, 3.63) is 34.9 Å². The number of ether oxygens (including phenoxy) is 2. The van der Waals surface area contributed by atoms with Gasteiger partial charge in [-0.2, -0.15) is 0 Å². The molecule has 2 fully saturated rings. The molecule has 1 amide bonds. The van der Waals surface area contributed by atoms with E-state index in [0.717, 1.165) is 63.0 Å². The van der Waals surface area contributed by atoms with Crippen molar-refractivity contribution < 1.29 is 19.1 Å². The first-order valence-electron chi connectivity index (χ1n) is 11.6. The summed E-state index contributed by atoms with van der Waals surface area (Å²) in [4.78, 5) is 27.0. The fraction of sp³-hybridized carbons (Fsp3) is 0.583. The standard InChI is InChI=1S/C24H33N3O4S/c1-16-22(23(25)29)32-24(17-11-13-26-14-12-17)27(16)18-7-9-19(10-8-18)30-15-21(28)31-20-5-3-2-4-6-20/h7-10,17,20,24,26H,2-6,11-15H2,1H3,(H2,25,29). The van der Waals surface area contributed by atoms with Crippen LogP contribution in [0.15, 0.2) is 34.9 Å². The monoisotopic (exact) mass is 459 g/mol. The van der Waals surface area contributed by atoms with Crippen molar-refractivity contribution in [2.75, 3.05) is 24.6 Å². The van der Waals surface area contributed by atoms with E-state index in [1.54, 1.807) is 11.8 Å². The third-order valence-electron chi connectivity index (χ3n) is 6.52. The predicted molar refractivity (Wildman–Crippen MR) is 126 cm³/mol. The van der Waals surface area contributed by atoms with E-state index >= 15 is 0 Å². The van der Waals surface area contributed by atoms with Crippen molar-refractivity contribution in [3.8, 4) is 5.75 Å². The number of hydrogen-bond acceptors (Lipinski definition) is 7. The van der Waals surface area contributed by atoms with Gasteiger partial charge in [0.25, 0.3) is 5.91 Å². The van der Waals surface area contributed by atoms with Gasteiger partial charge in [-0.15, -0.1) is 0 Å². The van der Waals surface area contributed by atoms with Crippen LogP contribution in [-0.2, 0) is 14.3 Å². The lowest BCUT2D eigenvalue weighted by atomic mass is 9.96. The molecule has 1 aromatic carbocycles. The summed E-state index contributed by atoms with van der Waals surface area (Å²) < 4.78 is 11.2. The summed E-state index contributed by atoms with van der Waals surface area (Å²) in [6, 6.07) is 7.68. The van der Waals surface area contributed by atoms with E-state index in [0.29, 0.717) is 16.6 Å². The molecule has 0 bridgehead atoms. The Kier molecular flexibility index (Phi) is 7.63. The normalized spacial score (nSPS) is 22.8. The van der Waals surface area contributed by atoms with Crippen LogP contribution in [0.3, 0.4) is 0 Å². The van der Waals surface area contributed by atoms with Crippen molar-refractivity contribution in [1.29, 1.82) is 0 Å². The second kappa shape index (κ2) is 10.6. The van der Waals surface area contributed by atoms with Crippen molar-refractivity contribution in [2.24, 2.45) is 11.7 Å². The van der Waals surface area contributed by atoms with Crippen LogP contribution in [-0.4, -0.2) is 43.1 Å². The Morgan fingerprint density at radius 2 is 1.78 bits per heavy atom. The number of amides is 1. The number of allylic oxidation sites excluding steroid dienone is 1. The Bertz CT molecular complexity index is 845. The molecule has 1 aromatic rings. The molecule has 174 valence electrons. The van der Waals surface area contributed by atoms with Crippen LogP contribution in [0.25, 0.3) is 0 Å². The van der Waals surface area contributed by atoms with Gasteiger partial charge in [-0.05, 0) is 88.7 Å². The van der Waals surface area contributed by atoms with Crippen molar-refractivity contribution >= 4 is 29.3 Å². The molecule has 8 heteroatoms. The fourth-order valence-electron chi connectivity index (χ4n) is 4.82. The number of nitrogens with one attached hydrogen (secondary N) is 1. The maximum Gasteiger partial charge on any atom is 0.344 e. The van der Waals surface area contributed by atoms with E-state index < -0.39 is 0 Å². The summed E-state index contributed by atoms with van der Waals surface area (Å²) in [7, 11) is 0. The van der Waals surface area contributed by atoms with Gasteiger partial charge in [0.1, 0.15) is 11.9 Å². The number of piperidine rings is 1. The van der Waals surface area contributed by atoms with Crippen molar-refractivity contribution in [2.45, 2.75) is 63.3 Å². The SMILES string of the molecule is CC1=C(C(N)=O)SC(C2CCNCC2)N1c1ccc(OCC(=O)OC2CCCCC2)cc1. The van der Waals surface area contributed by atoms with Crippen LogP contribution >= 0.6 is 11.8 Å². The molecular formula is C24H33N3O4S. The first kappa shape index (κ1) is 23.0. The van der Waals surface area contributed by atoms with E-state index in [-0.39, 0.29) is 30.0 Å². The molecule has 1 saturated heterocycles. The number of carbonyl (C=O) groups excluding carboxylic acids is 2. The van der Waals surface area contributed by atoms with Gasteiger partial charge in [-0.3, -0.25) is 4.79 Å². The number of esters is 1. The summed E-state index contributed by atoms with van der Waals surface area (Å²) in [5.74, 6) is 0.410. The molecule has 7 nitrogen and oxygen atoms in total. The molecule has 3 N–H and O–H groups in total. The molecule has 1 saturated carbocycles. The molecule has 3 aliphatic rings. The van der Waals surface area contributed by atoms with E-state index in [9.17, 15) is 9.59 Å². The maximum atomic E-state index is 12.1. The first-order chi connectivity index (χ1) is 15.5. The predicted octanol–water partition coefficient (Wildman–Crippen LogP) is 3.54. The highest BCUT2D eigenvalue weighted by Gasteiger charge is 2.39. The second-order valence-corrected chi connectivity index (χ2v) is 9.90. The van der Waals surface area contributed by atoms with Gasteiger partial charge in [0.15, 0.2) is 6.61 Å². The van der Waals surface area contributed by atoms with Gasteiger partial charge in [-0.25, -0.2) is 4.79 Å². The highest BCUT2D eigenvalue weighted by Crippen LogP contribution is 2.46.